The van der Waals surface area contributed by atoms with Gasteiger partial charge in [-0.15, -0.1) is 0 Å². The molecule has 3 rings (SSSR count). The average Bonchev–Trinajstić information content (AvgIpc) is 2.71. The Balaban J connectivity index is 1.71. The van der Waals surface area contributed by atoms with E-state index in [1.807, 2.05) is 18.2 Å². The summed E-state index contributed by atoms with van der Waals surface area (Å²) in [4.78, 5) is 11.1. The Kier molecular flexibility index (Phi) is 2.11. The third-order valence-corrected chi connectivity index (χ3v) is 3.39. The molecule has 2 N–H and O–H groups in total. The number of nitrogens with one attached hydrogen (secondary N) is 2. The van der Waals surface area contributed by atoms with Gasteiger partial charge in [-0.25, -0.2) is 4.79 Å². The fraction of sp³-hybridized carbons (Fsp3) is 0.417. The molecule has 1 spiro atoms. The molecule has 0 aliphatic carbocycles. The van der Waals surface area contributed by atoms with Gasteiger partial charge < -0.3 is 15.4 Å². The Morgan fingerprint density at radius 2 is 2.12 bits per heavy atom. The Bertz CT molecular complexity index is 407. The van der Waals surface area contributed by atoms with E-state index in [4.69, 9.17) is 4.74 Å². The van der Waals surface area contributed by atoms with Crippen LogP contribution < -0.4 is 10.6 Å². The summed E-state index contributed by atoms with van der Waals surface area (Å²) in [5.41, 5.74) is 0.953. The molecule has 1 aromatic rings. The first-order valence-electron chi connectivity index (χ1n) is 5.53. The van der Waals surface area contributed by atoms with Crippen LogP contribution in [0.3, 0.4) is 0 Å². The van der Waals surface area contributed by atoms with Gasteiger partial charge in [-0.3, -0.25) is 0 Å². The van der Waals surface area contributed by atoms with Gasteiger partial charge in [0, 0.05) is 6.54 Å². The SMILES string of the molecule is O=C1NCC2(CNC2Cc2ccccc2)O1. The number of benzene rings is 1. The summed E-state index contributed by atoms with van der Waals surface area (Å²) in [7, 11) is 0. The molecule has 2 heterocycles. The Labute approximate surface area is 94.0 Å². The highest BCUT2D eigenvalue weighted by molar-refractivity contribution is 5.70. The fourth-order valence-corrected chi connectivity index (χ4v) is 2.35. The second-order valence-electron chi connectivity index (χ2n) is 4.43. The normalized spacial score (nSPS) is 32.0. The van der Waals surface area contributed by atoms with Gasteiger partial charge in [-0.2, -0.15) is 0 Å². The minimum Gasteiger partial charge on any atom is -0.438 e. The number of carbonyl (C=O) groups excluding carboxylic acids is 1. The van der Waals surface area contributed by atoms with Crippen LogP contribution in [0.15, 0.2) is 30.3 Å². The third kappa shape index (κ3) is 1.46. The number of alkyl carbamates (subject to hydrolysis) is 1. The lowest BCUT2D eigenvalue weighted by Gasteiger charge is -2.45. The Hall–Kier alpha value is -1.55. The zero-order chi connectivity index (χ0) is 11.0. The number of ether oxygens (including phenoxy) is 1. The molecule has 2 atom stereocenters. The van der Waals surface area contributed by atoms with E-state index in [0.29, 0.717) is 6.54 Å². The molecule has 84 valence electrons. The Morgan fingerprint density at radius 1 is 1.31 bits per heavy atom. The maximum Gasteiger partial charge on any atom is 0.407 e. The summed E-state index contributed by atoms with van der Waals surface area (Å²) in [6.07, 6.45) is 0.607. The molecular formula is C12H14N2O2. The van der Waals surface area contributed by atoms with E-state index in [1.165, 1.54) is 5.56 Å². The van der Waals surface area contributed by atoms with Crippen molar-refractivity contribution in [2.75, 3.05) is 13.1 Å². The van der Waals surface area contributed by atoms with Crippen LogP contribution in [0.2, 0.25) is 0 Å². The lowest BCUT2D eigenvalue weighted by Crippen LogP contribution is -2.70. The van der Waals surface area contributed by atoms with Crippen molar-refractivity contribution in [2.45, 2.75) is 18.1 Å². The molecule has 16 heavy (non-hydrogen) atoms. The first-order chi connectivity index (χ1) is 7.78. The molecule has 2 aliphatic rings. The summed E-state index contributed by atoms with van der Waals surface area (Å²) in [6, 6.07) is 10.5. The average molecular weight is 218 g/mol. The molecule has 1 amide bonds. The van der Waals surface area contributed by atoms with E-state index in [-0.39, 0.29) is 17.7 Å². The highest BCUT2D eigenvalue weighted by Crippen LogP contribution is 2.29. The first-order valence-corrected chi connectivity index (χ1v) is 5.53. The van der Waals surface area contributed by atoms with Gasteiger partial charge in [-0.1, -0.05) is 30.3 Å². The number of carbonyl (C=O) groups is 1. The minimum atomic E-state index is -0.313. The minimum absolute atomic E-state index is 0.230. The number of rotatable bonds is 2. The van der Waals surface area contributed by atoms with E-state index >= 15 is 0 Å². The van der Waals surface area contributed by atoms with Crippen LogP contribution in [0, 0.1) is 0 Å². The summed E-state index contributed by atoms with van der Waals surface area (Å²) in [6.45, 7) is 1.37. The summed E-state index contributed by atoms with van der Waals surface area (Å²) >= 11 is 0. The van der Waals surface area contributed by atoms with Crippen molar-refractivity contribution >= 4 is 6.09 Å². The van der Waals surface area contributed by atoms with Crippen LogP contribution in [0.5, 0.6) is 0 Å². The second kappa shape index (κ2) is 3.49. The molecule has 4 nitrogen and oxygen atoms in total. The van der Waals surface area contributed by atoms with E-state index in [0.717, 1.165) is 13.0 Å². The molecule has 1 aromatic carbocycles. The number of hydrogen-bond acceptors (Lipinski definition) is 3. The fourth-order valence-electron chi connectivity index (χ4n) is 2.35. The largest absolute Gasteiger partial charge is 0.438 e. The van der Waals surface area contributed by atoms with Crippen LogP contribution >= 0.6 is 0 Å². The standard InChI is InChI=1S/C12H14N2O2/c15-11-14-8-12(16-11)7-13-10(12)6-9-4-2-1-3-5-9/h1-5,10,13H,6-8H2,(H,14,15). The van der Waals surface area contributed by atoms with Crippen LogP contribution in [-0.4, -0.2) is 30.8 Å². The van der Waals surface area contributed by atoms with Gasteiger partial charge in [0.1, 0.15) is 0 Å². The maximum absolute atomic E-state index is 11.1. The van der Waals surface area contributed by atoms with E-state index in [2.05, 4.69) is 22.8 Å². The van der Waals surface area contributed by atoms with Crippen molar-refractivity contribution in [2.24, 2.45) is 0 Å². The van der Waals surface area contributed by atoms with Gasteiger partial charge in [-0.05, 0) is 12.0 Å². The quantitative estimate of drug-likeness (QED) is 0.767. The van der Waals surface area contributed by atoms with Gasteiger partial charge in [0.15, 0.2) is 5.60 Å². The number of amides is 1. The van der Waals surface area contributed by atoms with Crippen LogP contribution in [-0.2, 0) is 11.2 Å². The Morgan fingerprint density at radius 3 is 2.69 bits per heavy atom. The maximum atomic E-state index is 11.1. The lowest BCUT2D eigenvalue weighted by molar-refractivity contribution is -0.0309. The molecule has 0 saturated carbocycles. The summed E-state index contributed by atoms with van der Waals surface area (Å²) in [5, 5.41) is 6.06. The number of hydrogen-bond donors (Lipinski definition) is 2. The van der Waals surface area contributed by atoms with Crippen molar-refractivity contribution in [1.82, 2.24) is 10.6 Å². The zero-order valence-corrected chi connectivity index (χ0v) is 8.90. The first kappa shape index (κ1) is 9.66. The summed E-state index contributed by atoms with van der Waals surface area (Å²) in [5.74, 6) is 0. The molecule has 2 unspecified atom stereocenters. The van der Waals surface area contributed by atoms with Crippen LogP contribution in [0.4, 0.5) is 4.79 Å². The smallest absolute Gasteiger partial charge is 0.407 e. The molecular weight excluding hydrogens is 204 g/mol. The van der Waals surface area contributed by atoms with Gasteiger partial charge in [0.2, 0.25) is 0 Å². The highest BCUT2D eigenvalue weighted by atomic mass is 16.6. The van der Waals surface area contributed by atoms with Gasteiger partial charge in [0.05, 0.1) is 12.6 Å². The molecule has 4 heteroatoms. The van der Waals surface area contributed by atoms with Crippen molar-refractivity contribution < 1.29 is 9.53 Å². The summed E-state index contributed by atoms with van der Waals surface area (Å²) < 4.78 is 5.36. The predicted octanol–water partition coefficient (Wildman–Crippen LogP) is 0.679. The molecule has 2 aliphatic heterocycles. The predicted molar refractivity (Wildman–Crippen MR) is 59.2 cm³/mol. The molecule has 2 fully saturated rings. The molecule has 2 saturated heterocycles. The van der Waals surface area contributed by atoms with Crippen LogP contribution in [0.25, 0.3) is 0 Å². The topological polar surface area (TPSA) is 50.4 Å². The van der Waals surface area contributed by atoms with Crippen molar-refractivity contribution in [3.05, 3.63) is 35.9 Å². The monoisotopic (exact) mass is 218 g/mol. The van der Waals surface area contributed by atoms with Crippen LogP contribution in [0.1, 0.15) is 5.56 Å². The van der Waals surface area contributed by atoms with Crippen molar-refractivity contribution in [1.29, 1.82) is 0 Å². The van der Waals surface area contributed by atoms with E-state index in [9.17, 15) is 4.79 Å². The van der Waals surface area contributed by atoms with E-state index < -0.39 is 0 Å². The lowest BCUT2D eigenvalue weighted by atomic mass is 9.82. The second-order valence-corrected chi connectivity index (χ2v) is 4.43. The molecule has 0 radical (unpaired) electrons. The molecule has 0 aromatic heterocycles. The van der Waals surface area contributed by atoms with Gasteiger partial charge >= 0.3 is 6.09 Å². The molecule has 0 bridgehead atoms. The van der Waals surface area contributed by atoms with Crippen molar-refractivity contribution in [3.63, 3.8) is 0 Å². The van der Waals surface area contributed by atoms with Gasteiger partial charge in [0.25, 0.3) is 0 Å². The third-order valence-electron chi connectivity index (χ3n) is 3.39. The van der Waals surface area contributed by atoms with Crippen molar-refractivity contribution in [3.8, 4) is 0 Å². The zero-order valence-electron chi connectivity index (χ0n) is 8.90. The van der Waals surface area contributed by atoms with E-state index in [1.54, 1.807) is 0 Å². The highest BCUT2D eigenvalue weighted by Gasteiger charge is 2.53.